The molecule has 0 aliphatic rings. The smallest absolute Gasteiger partial charge is 0.237 e. The lowest BCUT2D eigenvalue weighted by atomic mass is 10.2. The Morgan fingerprint density at radius 2 is 2.17 bits per heavy atom. The maximum absolute atomic E-state index is 9.21. The van der Waals surface area contributed by atoms with Crippen LogP contribution in [-0.4, -0.2) is 19.9 Å². The molecular formula is C18H16N2O3. The van der Waals surface area contributed by atoms with Gasteiger partial charge in [-0.3, -0.25) is 0 Å². The average molecular weight is 308 g/mol. The van der Waals surface area contributed by atoms with Crippen LogP contribution in [0.1, 0.15) is 22.5 Å². The molecule has 0 amide bonds. The number of aliphatic imine (C=N–C) groups is 1. The van der Waals surface area contributed by atoms with Gasteiger partial charge in [0, 0.05) is 17.3 Å². The van der Waals surface area contributed by atoms with Crippen molar-refractivity contribution in [2.24, 2.45) is 4.99 Å². The quantitative estimate of drug-likeness (QED) is 0.626. The highest BCUT2D eigenvalue weighted by atomic mass is 16.5. The van der Waals surface area contributed by atoms with Gasteiger partial charge in [-0.25, -0.2) is 4.99 Å². The summed E-state index contributed by atoms with van der Waals surface area (Å²) in [5.41, 5.74) is 1.89. The number of benzene rings is 1. The zero-order chi connectivity index (χ0) is 16.8. The zero-order valence-corrected chi connectivity index (χ0v) is 13.2. The van der Waals surface area contributed by atoms with E-state index in [1.165, 1.54) is 0 Å². The fourth-order valence-electron chi connectivity index (χ4n) is 1.97. The molecule has 0 unspecified atom stereocenters. The molecule has 0 atom stereocenters. The summed E-state index contributed by atoms with van der Waals surface area (Å²) in [6.07, 6.45) is 6.78. The van der Waals surface area contributed by atoms with E-state index in [2.05, 4.69) is 17.0 Å². The van der Waals surface area contributed by atoms with Crippen LogP contribution in [0.4, 0.5) is 5.88 Å². The molecule has 0 aliphatic carbocycles. The minimum atomic E-state index is 0.148. The standard InChI is InChI=1S/C18H16N2O3/c1-5-8-22-17-7-6-15(21-4)9-14(17)11-20-18-16(10-19)12(2)13(3)23-18/h1,6-7,9,11H,8H2,2-4H3. The monoisotopic (exact) mass is 308 g/mol. The molecule has 5 heteroatoms. The van der Waals surface area contributed by atoms with Gasteiger partial charge in [0.1, 0.15) is 35.5 Å². The van der Waals surface area contributed by atoms with Crippen molar-refractivity contribution in [3.8, 4) is 29.9 Å². The second kappa shape index (κ2) is 7.20. The average Bonchev–Trinajstić information content (AvgIpc) is 2.85. The number of ether oxygens (including phenoxy) is 2. The van der Waals surface area contributed by atoms with Gasteiger partial charge in [0.05, 0.1) is 7.11 Å². The molecular weight excluding hydrogens is 292 g/mol. The van der Waals surface area contributed by atoms with Crippen LogP contribution >= 0.6 is 0 Å². The van der Waals surface area contributed by atoms with Gasteiger partial charge in [-0.1, -0.05) is 5.92 Å². The molecule has 0 saturated heterocycles. The highest BCUT2D eigenvalue weighted by Crippen LogP contribution is 2.29. The van der Waals surface area contributed by atoms with Crippen LogP contribution in [0.25, 0.3) is 0 Å². The van der Waals surface area contributed by atoms with Crippen LogP contribution in [-0.2, 0) is 0 Å². The zero-order valence-electron chi connectivity index (χ0n) is 13.2. The van der Waals surface area contributed by atoms with Crippen molar-refractivity contribution in [2.75, 3.05) is 13.7 Å². The van der Waals surface area contributed by atoms with Crippen LogP contribution in [0.2, 0.25) is 0 Å². The predicted molar refractivity (Wildman–Crippen MR) is 87.5 cm³/mol. The highest BCUT2D eigenvalue weighted by Gasteiger charge is 2.13. The van der Waals surface area contributed by atoms with Crippen molar-refractivity contribution in [3.63, 3.8) is 0 Å². The lowest BCUT2D eigenvalue weighted by Crippen LogP contribution is -1.98. The summed E-state index contributed by atoms with van der Waals surface area (Å²) in [7, 11) is 1.57. The van der Waals surface area contributed by atoms with Gasteiger partial charge in [-0.05, 0) is 32.0 Å². The van der Waals surface area contributed by atoms with Gasteiger partial charge in [0.2, 0.25) is 5.88 Å². The van der Waals surface area contributed by atoms with E-state index in [0.717, 1.165) is 5.56 Å². The summed E-state index contributed by atoms with van der Waals surface area (Å²) in [6, 6.07) is 7.39. The molecule has 0 saturated carbocycles. The Morgan fingerprint density at radius 3 is 2.83 bits per heavy atom. The number of hydrogen-bond acceptors (Lipinski definition) is 5. The minimum Gasteiger partial charge on any atom is -0.497 e. The maximum atomic E-state index is 9.21. The van der Waals surface area contributed by atoms with E-state index < -0.39 is 0 Å². The number of nitriles is 1. The predicted octanol–water partition coefficient (Wildman–Crippen LogP) is 3.54. The lowest BCUT2D eigenvalue weighted by molar-refractivity contribution is 0.367. The van der Waals surface area contributed by atoms with E-state index in [-0.39, 0.29) is 12.5 Å². The van der Waals surface area contributed by atoms with Crippen molar-refractivity contribution in [2.45, 2.75) is 13.8 Å². The third-order valence-corrected chi connectivity index (χ3v) is 3.33. The molecule has 2 rings (SSSR count). The van der Waals surface area contributed by atoms with Crippen molar-refractivity contribution >= 4 is 12.1 Å². The largest absolute Gasteiger partial charge is 0.497 e. The van der Waals surface area contributed by atoms with Crippen LogP contribution in [0.3, 0.4) is 0 Å². The lowest BCUT2D eigenvalue weighted by Gasteiger charge is -2.08. The Balaban J connectivity index is 2.40. The summed E-state index contributed by atoms with van der Waals surface area (Å²) in [5.74, 6) is 4.59. The van der Waals surface area contributed by atoms with Crippen molar-refractivity contribution in [3.05, 3.63) is 40.6 Å². The SMILES string of the molecule is C#CCOc1ccc(OC)cc1C=Nc1oc(C)c(C)c1C#N. The highest BCUT2D eigenvalue weighted by molar-refractivity contribution is 5.86. The molecule has 116 valence electrons. The number of hydrogen-bond donors (Lipinski definition) is 0. The van der Waals surface area contributed by atoms with Crippen LogP contribution in [0.15, 0.2) is 27.6 Å². The molecule has 1 heterocycles. The molecule has 0 radical (unpaired) electrons. The molecule has 0 N–H and O–H groups in total. The van der Waals surface area contributed by atoms with Gasteiger partial charge < -0.3 is 13.9 Å². The Kier molecular flexibility index (Phi) is 5.07. The Morgan fingerprint density at radius 1 is 1.39 bits per heavy atom. The topological polar surface area (TPSA) is 67.8 Å². The number of methoxy groups -OCH3 is 1. The minimum absolute atomic E-state index is 0.148. The fraction of sp³-hybridized carbons (Fsp3) is 0.222. The van der Waals surface area contributed by atoms with Gasteiger partial charge in [0.15, 0.2) is 0 Å². The first-order chi connectivity index (χ1) is 11.1. The number of terminal acetylenes is 1. The Labute approximate surface area is 135 Å². The molecule has 1 aromatic carbocycles. The Hall–Kier alpha value is -3.18. The number of nitrogens with zero attached hydrogens (tertiary/aromatic N) is 2. The van der Waals surface area contributed by atoms with E-state index in [9.17, 15) is 5.26 Å². The van der Waals surface area contributed by atoms with Gasteiger partial charge in [-0.2, -0.15) is 5.26 Å². The second-order valence-electron chi connectivity index (χ2n) is 4.73. The van der Waals surface area contributed by atoms with E-state index in [1.54, 1.807) is 38.4 Å². The van der Waals surface area contributed by atoms with E-state index in [0.29, 0.717) is 28.4 Å². The summed E-state index contributed by atoms with van der Waals surface area (Å²) in [4.78, 5) is 4.27. The fourth-order valence-corrected chi connectivity index (χ4v) is 1.97. The van der Waals surface area contributed by atoms with Gasteiger partial charge in [0.25, 0.3) is 0 Å². The van der Waals surface area contributed by atoms with Crippen molar-refractivity contribution in [1.29, 1.82) is 5.26 Å². The Bertz CT molecular complexity index is 820. The first-order valence-electron chi connectivity index (χ1n) is 6.89. The van der Waals surface area contributed by atoms with Crippen LogP contribution in [0.5, 0.6) is 11.5 Å². The first-order valence-corrected chi connectivity index (χ1v) is 6.89. The summed E-state index contributed by atoms with van der Waals surface area (Å²) in [6.45, 7) is 3.77. The normalized spacial score (nSPS) is 10.3. The van der Waals surface area contributed by atoms with E-state index >= 15 is 0 Å². The molecule has 0 aliphatic heterocycles. The van der Waals surface area contributed by atoms with Crippen LogP contribution < -0.4 is 9.47 Å². The van der Waals surface area contributed by atoms with E-state index in [4.69, 9.17) is 20.3 Å². The molecule has 2 aromatic rings. The third-order valence-electron chi connectivity index (χ3n) is 3.33. The molecule has 0 spiro atoms. The maximum Gasteiger partial charge on any atom is 0.237 e. The van der Waals surface area contributed by atoms with E-state index in [1.807, 2.05) is 6.92 Å². The second-order valence-corrected chi connectivity index (χ2v) is 4.73. The summed E-state index contributed by atoms with van der Waals surface area (Å²) >= 11 is 0. The number of furan rings is 1. The first kappa shape index (κ1) is 16.2. The number of aryl methyl sites for hydroxylation is 1. The molecule has 23 heavy (non-hydrogen) atoms. The third kappa shape index (κ3) is 3.53. The van der Waals surface area contributed by atoms with Crippen LogP contribution in [0, 0.1) is 37.5 Å². The summed E-state index contributed by atoms with van der Waals surface area (Å²) in [5, 5.41) is 9.21. The molecule has 0 fully saturated rings. The number of rotatable bonds is 5. The molecule has 5 nitrogen and oxygen atoms in total. The van der Waals surface area contributed by atoms with Gasteiger partial charge >= 0.3 is 0 Å². The molecule has 0 bridgehead atoms. The summed E-state index contributed by atoms with van der Waals surface area (Å²) < 4.78 is 16.2. The van der Waals surface area contributed by atoms with Crippen molar-refractivity contribution in [1.82, 2.24) is 0 Å². The van der Waals surface area contributed by atoms with Crippen molar-refractivity contribution < 1.29 is 13.9 Å². The van der Waals surface area contributed by atoms with Gasteiger partial charge in [-0.15, -0.1) is 6.42 Å². The molecule has 1 aromatic heterocycles.